The third-order valence-corrected chi connectivity index (χ3v) is 3.36. The molecule has 6 heteroatoms. The molecule has 116 valence electrons. The van der Waals surface area contributed by atoms with Gasteiger partial charge in [-0.3, -0.25) is 0 Å². The van der Waals surface area contributed by atoms with E-state index in [9.17, 15) is 14.3 Å². The van der Waals surface area contributed by atoms with Crippen molar-refractivity contribution < 1.29 is 19.0 Å². The number of aromatic nitrogens is 1. The molecular formula is C17H13FN2O3. The summed E-state index contributed by atoms with van der Waals surface area (Å²) in [5, 5.41) is 13.0. The van der Waals surface area contributed by atoms with Gasteiger partial charge in [0.15, 0.2) is 0 Å². The molecule has 0 aliphatic carbocycles. The summed E-state index contributed by atoms with van der Waals surface area (Å²) in [6.07, 6.45) is 0. The van der Waals surface area contributed by atoms with Crippen LogP contribution in [0.15, 0.2) is 48.5 Å². The lowest BCUT2D eigenvalue weighted by Crippen LogP contribution is -2.05. The summed E-state index contributed by atoms with van der Waals surface area (Å²) in [4.78, 5) is 15.8. The van der Waals surface area contributed by atoms with E-state index < -0.39 is 5.97 Å². The van der Waals surface area contributed by atoms with Crippen molar-refractivity contribution in [3.8, 4) is 5.75 Å². The van der Waals surface area contributed by atoms with E-state index in [0.717, 1.165) is 0 Å². The summed E-state index contributed by atoms with van der Waals surface area (Å²) in [5.74, 6) is -0.657. The van der Waals surface area contributed by atoms with E-state index in [2.05, 4.69) is 10.3 Å². The number of hydrogen-bond acceptors (Lipinski definition) is 4. The average molecular weight is 312 g/mol. The Morgan fingerprint density at radius 2 is 1.91 bits per heavy atom. The minimum absolute atomic E-state index is 0.0343. The van der Waals surface area contributed by atoms with Gasteiger partial charge in [0.05, 0.1) is 12.6 Å². The Morgan fingerprint density at radius 3 is 2.57 bits per heavy atom. The van der Waals surface area contributed by atoms with Crippen LogP contribution in [0.2, 0.25) is 0 Å². The predicted molar refractivity (Wildman–Crippen MR) is 84.9 cm³/mol. The number of benzene rings is 2. The first-order valence-electron chi connectivity index (χ1n) is 6.81. The molecule has 1 heterocycles. The summed E-state index contributed by atoms with van der Waals surface area (Å²) in [6, 6.07) is 12.3. The fourth-order valence-corrected chi connectivity index (χ4v) is 2.20. The molecule has 0 fully saturated rings. The highest BCUT2D eigenvalue weighted by Gasteiger charge is 2.14. The van der Waals surface area contributed by atoms with Crippen LogP contribution >= 0.6 is 0 Å². The number of halogens is 1. The molecule has 0 unspecified atom stereocenters. The Kier molecular flexibility index (Phi) is 3.80. The summed E-state index contributed by atoms with van der Waals surface area (Å²) in [5.41, 5.74) is 1.18. The van der Waals surface area contributed by atoms with Crippen LogP contribution in [0.3, 0.4) is 0 Å². The van der Waals surface area contributed by atoms with Crippen LogP contribution in [-0.2, 0) is 0 Å². The highest BCUT2D eigenvalue weighted by molar-refractivity contribution is 5.99. The van der Waals surface area contributed by atoms with Gasteiger partial charge in [-0.2, -0.15) is 0 Å². The molecule has 2 N–H and O–H groups in total. The fraction of sp³-hybridized carbons (Fsp3) is 0.0588. The van der Waals surface area contributed by atoms with Gasteiger partial charge in [0.1, 0.15) is 22.9 Å². The molecule has 3 aromatic rings. The quantitative estimate of drug-likeness (QED) is 0.766. The van der Waals surface area contributed by atoms with E-state index in [-0.39, 0.29) is 17.2 Å². The number of hydrogen-bond donors (Lipinski definition) is 2. The van der Waals surface area contributed by atoms with Crippen LogP contribution in [0, 0.1) is 5.82 Å². The lowest BCUT2D eigenvalue weighted by molar-refractivity contribution is 0.0698. The number of nitrogens with one attached hydrogen (secondary N) is 1. The number of anilines is 2. The number of nitrogens with zero attached hydrogens (tertiary/aromatic N) is 1. The second-order valence-corrected chi connectivity index (χ2v) is 4.88. The second-order valence-electron chi connectivity index (χ2n) is 4.88. The largest absolute Gasteiger partial charge is 0.497 e. The zero-order valence-electron chi connectivity index (χ0n) is 12.2. The molecule has 0 aliphatic rings. The van der Waals surface area contributed by atoms with Crippen molar-refractivity contribution in [3.05, 3.63) is 59.9 Å². The van der Waals surface area contributed by atoms with Gasteiger partial charge < -0.3 is 15.2 Å². The number of aromatic carboxylic acids is 1. The van der Waals surface area contributed by atoms with E-state index >= 15 is 0 Å². The maximum absolute atomic E-state index is 13.0. The first-order valence-corrected chi connectivity index (χ1v) is 6.81. The first-order chi connectivity index (χ1) is 11.1. The zero-order valence-corrected chi connectivity index (χ0v) is 12.2. The van der Waals surface area contributed by atoms with Crippen LogP contribution in [0.4, 0.5) is 15.9 Å². The van der Waals surface area contributed by atoms with Crippen LogP contribution in [0.25, 0.3) is 10.9 Å². The molecule has 0 spiro atoms. The van der Waals surface area contributed by atoms with Crippen molar-refractivity contribution in [2.75, 3.05) is 12.4 Å². The van der Waals surface area contributed by atoms with Crippen molar-refractivity contribution in [1.29, 1.82) is 0 Å². The number of carbonyl (C=O) groups is 1. The summed E-state index contributed by atoms with van der Waals surface area (Å²) in [6.45, 7) is 0. The Morgan fingerprint density at radius 1 is 1.17 bits per heavy atom. The number of methoxy groups -OCH3 is 1. The summed E-state index contributed by atoms with van der Waals surface area (Å²) >= 11 is 0. The van der Waals surface area contributed by atoms with Gasteiger partial charge in [-0.25, -0.2) is 14.2 Å². The van der Waals surface area contributed by atoms with Crippen LogP contribution in [0.5, 0.6) is 5.75 Å². The normalized spacial score (nSPS) is 10.5. The molecule has 0 saturated heterocycles. The van der Waals surface area contributed by atoms with E-state index in [1.165, 1.54) is 30.3 Å². The van der Waals surface area contributed by atoms with E-state index in [1.54, 1.807) is 25.3 Å². The monoisotopic (exact) mass is 312 g/mol. The van der Waals surface area contributed by atoms with Crippen LogP contribution in [-0.4, -0.2) is 23.2 Å². The van der Waals surface area contributed by atoms with Crippen molar-refractivity contribution in [1.82, 2.24) is 4.98 Å². The SMILES string of the molecule is COc1ccc2cc(C(=O)O)c(Nc3ccc(F)cc3)nc2c1. The van der Waals surface area contributed by atoms with Crippen LogP contribution < -0.4 is 10.1 Å². The van der Waals surface area contributed by atoms with Gasteiger partial charge in [-0.1, -0.05) is 0 Å². The van der Waals surface area contributed by atoms with Gasteiger partial charge in [-0.15, -0.1) is 0 Å². The Bertz CT molecular complexity index is 879. The van der Waals surface area contributed by atoms with Gasteiger partial charge in [0, 0.05) is 17.1 Å². The molecule has 2 aromatic carbocycles. The minimum Gasteiger partial charge on any atom is -0.497 e. The molecular weight excluding hydrogens is 299 g/mol. The number of pyridine rings is 1. The topological polar surface area (TPSA) is 71.5 Å². The lowest BCUT2D eigenvalue weighted by Gasteiger charge is -2.11. The average Bonchev–Trinajstić information content (AvgIpc) is 2.55. The first kappa shape index (κ1) is 14.8. The highest BCUT2D eigenvalue weighted by Crippen LogP contribution is 2.26. The minimum atomic E-state index is -1.10. The Labute approximate surface area is 131 Å². The Hall–Kier alpha value is -3.15. The van der Waals surface area contributed by atoms with Crippen LogP contribution in [0.1, 0.15) is 10.4 Å². The third-order valence-electron chi connectivity index (χ3n) is 3.36. The molecule has 1 aromatic heterocycles. The molecule has 3 rings (SSSR count). The molecule has 0 saturated carbocycles. The fourth-order valence-electron chi connectivity index (χ4n) is 2.20. The van der Waals surface area contributed by atoms with Crippen molar-refractivity contribution in [2.24, 2.45) is 0 Å². The number of carboxylic acids is 1. The second kappa shape index (κ2) is 5.92. The molecule has 0 atom stereocenters. The van der Waals surface area contributed by atoms with Gasteiger partial charge in [-0.05, 0) is 42.5 Å². The predicted octanol–water partition coefficient (Wildman–Crippen LogP) is 3.82. The third kappa shape index (κ3) is 3.06. The Balaban J connectivity index is 2.10. The number of rotatable bonds is 4. The number of fused-ring (bicyclic) bond motifs is 1. The van der Waals surface area contributed by atoms with Crippen molar-refractivity contribution >= 4 is 28.4 Å². The molecule has 0 aliphatic heterocycles. The standard InChI is InChI=1S/C17H13FN2O3/c1-23-13-7-2-10-8-14(17(21)22)16(20-15(10)9-13)19-12-5-3-11(18)4-6-12/h2-9H,1H3,(H,19,20)(H,21,22). The molecule has 0 amide bonds. The highest BCUT2D eigenvalue weighted by atomic mass is 19.1. The molecule has 0 bridgehead atoms. The molecule has 5 nitrogen and oxygen atoms in total. The zero-order chi connectivity index (χ0) is 16.4. The summed E-state index contributed by atoms with van der Waals surface area (Å²) < 4.78 is 18.1. The molecule has 23 heavy (non-hydrogen) atoms. The van der Waals surface area contributed by atoms with E-state index in [0.29, 0.717) is 22.3 Å². The smallest absolute Gasteiger partial charge is 0.339 e. The maximum Gasteiger partial charge on any atom is 0.339 e. The lowest BCUT2D eigenvalue weighted by atomic mass is 10.1. The summed E-state index contributed by atoms with van der Waals surface area (Å²) in [7, 11) is 1.55. The number of carboxylic acid groups (broad SMARTS) is 1. The number of ether oxygens (including phenoxy) is 1. The van der Waals surface area contributed by atoms with Crippen molar-refractivity contribution in [3.63, 3.8) is 0 Å². The van der Waals surface area contributed by atoms with Gasteiger partial charge in [0.25, 0.3) is 0 Å². The maximum atomic E-state index is 13.0. The van der Waals surface area contributed by atoms with Gasteiger partial charge >= 0.3 is 5.97 Å². The molecule has 0 radical (unpaired) electrons. The van der Waals surface area contributed by atoms with Crippen molar-refractivity contribution in [2.45, 2.75) is 0 Å². The van der Waals surface area contributed by atoms with Gasteiger partial charge in [0.2, 0.25) is 0 Å². The van der Waals surface area contributed by atoms with E-state index in [4.69, 9.17) is 4.74 Å². The van der Waals surface area contributed by atoms with E-state index in [1.807, 2.05) is 0 Å².